The standard InChI is InChI=1S/C27H28O6/c1-7-15-32-21-13-11-19(17-23(21)30-5)27(25(28)9-3,26(29)10-4)20-12-14-22(33-16-8-2)24(18-20)31-6/h7-14,17-18H,1-4,15-16H2,5-6H3. The van der Waals surface area contributed by atoms with Crippen LogP contribution in [0.2, 0.25) is 0 Å². The fraction of sp³-hybridized carbons (Fsp3) is 0.185. The average Bonchev–Trinajstić information content (AvgIpc) is 2.86. The highest BCUT2D eigenvalue weighted by Gasteiger charge is 2.47. The van der Waals surface area contributed by atoms with Crippen LogP contribution in [0.5, 0.6) is 23.0 Å². The lowest BCUT2D eigenvalue weighted by atomic mass is 9.68. The highest BCUT2D eigenvalue weighted by Crippen LogP contribution is 2.42. The minimum atomic E-state index is -1.77. The quantitative estimate of drug-likeness (QED) is 0.238. The number of carbonyl (C=O) groups is 2. The minimum Gasteiger partial charge on any atom is -0.493 e. The van der Waals surface area contributed by atoms with Gasteiger partial charge in [-0.25, -0.2) is 0 Å². The van der Waals surface area contributed by atoms with Gasteiger partial charge < -0.3 is 18.9 Å². The second kappa shape index (κ2) is 11.5. The largest absolute Gasteiger partial charge is 0.493 e. The number of ether oxygens (including phenoxy) is 4. The zero-order valence-corrected chi connectivity index (χ0v) is 19.0. The molecule has 0 fully saturated rings. The Labute approximate surface area is 194 Å². The third kappa shape index (κ3) is 4.90. The van der Waals surface area contributed by atoms with Crippen LogP contribution >= 0.6 is 0 Å². The van der Waals surface area contributed by atoms with Crippen LogP contribution in [0, 0.1) is 0 Å². The van der Waals surface area contributed by atoms with E-state index < -0.39 is 17.0 Å². The van der Waals surface area contributed by atoms with Crippen molar-refractivity contribution in [3.05, 3.63) is 98.1 Å². The molecule has 0 saturated heterocycles. The van der Waals surface area contributed by atoms with Crippen LogP contribution in [0.3, 0.4) is 0 Å². The Morgan fingerprint density at radius 3 is 1.42 bits per heavy atom. The lowest BCUT2D eigenvalue weighted by molar-refractivity contribution is -0.127. The number of ketones is 2. The molecular formula is C27H28O6. The Bertz CT molecular complexity index is 981. The maximum Gasteiger partial charge on any atom is 0.177 e. The van der Waals surface area contributed by atoms with E-state index in [1.165, 1.54) is 14.2 Å². The lowest BCUT2D eigenvalue weighted by Crippen LogP contribution is -2.43. The molecule has 33 heavy (non-hydrogen) atoms. The molecule has 0 amide bonds. The van der Waals surface area contributed by atoms with E-state index in [0.29, 0.717) is 34.1 Å². The number of carbonyl (C=O) groups excluding carboxylic acids is 2. The summed E-state index contributed by atoms with van der Waals surface area (Å²) in [6.07, 6.45) is 5.43. The molecule has 0 atom stereocenters. The summed E-state index contributed by atoms with van der Waals surface area (Å²) in [6, 6.07) is 9.73. The van der Waals surface area contributed by atoms with Crippen molar-refractivity contribution in [1.82, 2.24) is 0 Å². The Hall–Kier alpha value is -4.06. The summed E-state index contributed by atoms with van der Waals surface area (Å²) in [7, 11) is 2.95. The first kappa shape index (κ1) is 25.2. The molecule has 0 radical (unpaired) electrons. The molecule has 0 aromatic heterocycles. The van der Waals surface area contributed by atoms with Gasteiger partial charge in [0, 0.05) is 0 Å². The van der Waals surface area contributed by atoms with Gasteiger partial charge in [0.2, 0.25) is 0 Å². The van der Waals surface area contributed by atoms with Gasteiger partial charge in [-0.05, 0) is 47.5 Å². The normalized spacial score (nSPS) is 10.5. The van der Waals surface area contributed by atoms with Crippen molar-refractivity contribution in [2.75, 3.05) is 27.4 Å². The Morgan fingerprint density at radius 2 is 1.12 bits per heavy atom. The van der Waals surface area contributed by atoms with E-state index >= 15 is 0 Å². The van der Waals surface area contributed by atoms with Crippen LogP contribution < -0.4 is 18.9 Å². The van der Waals surface area contributed by atoms with Crippen molar-refractivity contribution < 1.29 is 28.5 Å². The van der Waals surface area contributed by atoms with E-state index in [2.05, 4.69) is 26.3 Å². The number of rotatable bonds is 14. The van der Waals surface area contributed by atoms with Crippen molar-refractivity contribution in [1.29, 1.82) is 0 Å². The zero-order valence-electron chi connectivity index (χ0n) is 19.0. The van der Waals surface area contributed by atoms with Gasteiger partial charge in [0.05, 0.1) is 14.2 Å². The molecule has 0 aliphatic rings. The topological polar surface area (TPSA) is 71.1 Å². The molecule has 0 saturated carbocycles. The third-order valence-corrected chi connectivity index (χ3v) is 5.02. The minimum absolute atomic E-state index is 0.265. The van der Waals surface area contributed by atoms with Crippen LogP contribution in [-0.2, 0) is 15.0 Å². The van der Waals surface area contributed by atoms with Crippen LogP contribution in [-0.4, -0.2) is 39.0 Å². The SMILES string of the molecule is C=CCOc1ccc(C(C(=O)C=C)(C(=O)C=C)c2ccc(OCC=C)c(OC)c2)cc1OC. The van der Waals surface area contributed by atoms with Crippen LogP contribution in [0.15, 0.2) is 87.0 Å². The summed E-state index contributed by atoms with van der Waals surface area (Å²) in [5.41, 5.74) is -1.04. The van der Waals surface area contributed by atoms with E-state index in [1.807, 2.05) is 0 Å². The van der Waals surface area contributed by atoms with E-state index in [4.69, 9.17) is 18.9 Å². The van der Waals surface area contributed by atoms with E-state index in [-0.39, 0.29) is 13.2 Å². The Morgan fingerprint density at radius 1 is 0.727 bits per heavy atom. The molecule has 6 heteroatoms. The summed E-state index contributed by atoms with van der Waals surface area (Å²) in [4.78, 5) is 26.8. The Kier molecular flexibility index (Phi) is 8.80. The van der Waals surface area contributed by atoms with Crippen LogP contribution in [0.1, 0.15) is 11.1 Å². The molecule has 2 aromatic rings. The predicted octanol–water partition coefficient (Wildman–Crippen LogP) is 4.63. The highest BCUT2D eigenvalue weighted by atomic mass is 16.5. The number of allylic oxidation sites excluding steroid dienone is 2. The predicted molar refractivity (Wildman–Crippen MR) is 129 cm³/mol. The van der Waals surface area contributed by atoms with Gasteiger partial charge in [0.15, 0.2) is 34.6 Å². The molecule has 0 spiro atoms. The first-order chi connectivity index (χ1) is 15.9. The van der Waals surface area contributed by atoms with Crippen LogP contribution in [0.4, 0.5) is 0 Å². The number of benzene rings is 2. The van der Waals surface area contributed by atoms with Gasteiger partial charge in [-0.3, -0.25) is 9.59 Å². The molecule has 0 bridgehead atoms. The maximum atomic E-state index is 13.4. The Balaban J connectivity index is 2.83. The highest BCUT2D eigenvalue weighted by molar-refractivity contribution is 6.22. The number of hydrogen-bond donors (Lipinski definition) is 0. The lowest BCUT2D eigenvalue weighted by Gasteiger charge is -2.31. The fourth-order valence-corrected chi connectivity index (χ4v) is 3.50. The maximum absolute atomic E-state index is 13.4. The van der Waals surface area contributed by atoms with E-state index in [0.717, 1.165) is 12.2 Å². The molecule has 0 heterocycles. The number of methoxy groups -OCH3 is 2. The van der Waals surface area contributed by atoms with Gasteiger partial charge in [0.1, 0.15) is 18.6 Å². The molecule has 2 aromatic carbocycles. The summed E-state index contributed by atoms with van der Waals surface area (Å²) in [6.45, 7) is 15.0. The van der Waals surface area contributed by atoms with Gasteiger partial charge in [0.25, 0.3) is 0 Å². The molecule has 0 N–H and O–H groups in total. The van der Waals surface area contributed by atoms with Gasteiger partial charge in [-0.1, -0.05) is 50.6 Å². The van der Waals surface area contributed by atoms with Crippen molar-refractivity contribution in [2.45, 2.75) is 5.41 Å². The monoisotopic (exact) mass is 448 g/mol. The van der Waals surface area contributed by atoms with Gasteiger partial charge >= 0.3 is 0 Å². The summed E-state index contributed by atoms with van der Waals surface area (Å²) in [5.74, 6) is 0.526. The van der Waals surface area contributed by atoms with Crippen molar-refractivity contribution in [3.63, 3.8) is 0 Å². The molecular weight excluding hydrogens is 420 g/mol. The van der Waals surface area contributed by atoms with Gasteiger partial charge in [-0.15, -0.1) is 0 Å². The first-order valence-corrected chi connectivity index (χ1v) is 10.1. The summed E-state index contributed by atoms with van der Waals surface area (Å²) in [5, 5.41) is 0. The second-order valence-electron chi connectivity index (χ2n) is 6.82. The summed E-state index contributed by atoms with van der Waals surface area (Å²) < 4.78 is 22.2. The molecule has 6 nitrogen and oxygen atoms in total. The molecule has 2 rings (SSSR count). The second-order valence-corrected chi connectivity index (χ2v) is 6.82. The van der Waals surface area contributed by atoms with Crippen molar-refractivity contribution in [2.24, 2.45) is 0 Å². The van der Waals surface area contributed by atoms with E-state index in [9.17, 15) is 9.59 Å². The zero-order chi connectivity index (χ0) is 24.4. The third-order valence-electron chi connectivity index (χ3n) is 5.02. The average molecular weight is 449 g/mol. The van der Waals surface area contributed by atoms with Crippen LogP contribution in [0.25, 0.3) is 0 Å². The fourth-order valence-electron chi connectivity index (χ4n) is 3.50. The smallest absolute Gasteiger partial charge is 0.177 e. The molecule has 172 valence electrons. The summed E-state index contributed by atoms with van der Waals surface area (Å²) >= 11 is 0. The molecule has 0 aliphatic carbocycles. The van der Waals surface area contributed by atoms with Crippen molar-refractivity contribution in [3.8, 4) is 23.0 Å². The number of hydrogen-bond acceptors (Lipinski definition) is 6. The first-order valence-electron chi connectivity index (χ1n) is 10.1. The molecule has 0 unspecified atom stereocenters. The molecule has 0 aliphatic heterocycles. The van der Waals surface area contributed by atoms with Crippen molar-refractivity contribution >= 4 is 11.6 Å². The van der Waals surface area contributed by atoms with E-state index in [1.54, 1.807) is 48.6 Å². The van der Waals surface area contributed by atoms with Gasteiger partial charge in [-0.2, -0.15) is 0 Å².